The van der Waals surface area contributed by atoms with E-state index in [1.165, 1.54) is 17.0 Å². The first-order valence-corrected chi connectivity index (χ1v) is 26.1. The Labute approximate surface area is 435 Å². The van der Waals surface area contributed by atoms with E-state index in [0.717, 1.165) is 5.56 Å². The summed E-state index contributed by atoms with van der Waals surface area (Å²) in [5.41, 5.74) is 3.91. The van der Waals surface area contributed by atoms with Gasteiger partial charge in [-0.05, 0) is 31.2 Å². The Morgan fingerprint density at radius 3 is 1.09 bits per heavy atom. The summed E-state index contributed by atoms with van der Waals surface area (Å²) in [6, 6.07) is 13.3. The molecule has 2 aromatic carbocycles. The molecule has 5 aromatic rings. The number of carbonyl (C=O) groups is 2. The van der Waals surface area contributed by atoms with Crippen LogP contribution in [0.3, 0.4) is 0 Å². The molecular weight excluding hydrogens is 1000 g/mol. The van der Waals surface area contributed by atoms with Crippen LogP contribution < -0.4 is 0 Å². The minimum Gasteiger partial charge on any atom is -0.377 e. The Morgan fingerprint density at radius 1 is 0.400 bits per heavy atom. The number of carbonyl (C=O) groups excluding carboxylic acids is 2. The van der Waals surface area contributed by atoms with Crippen molar-refractivity contribution in [3.05, 3.63) is 101 Å². The van der Waals surface area contributed by atoms with Gasteiger partial charge in [-0.15, -0.1) is 15.3 Å². The van der Waals surface area contributed by atoms with Crippen molar-refractivity contribution < 1.29 is 74.3 Å². The van der Waals surface area contributed by atoms with E-state index >= 15 is 0 Å². The zero-order valence-corrected chi connectivity index (χ0v) is 43.2. The number of amides is 2. The maximum Gasteiger partial charge on any atom is 0.297 e. The van der Waals surface area contributed by atoms with Gasteiger partial charge in [0.25, 0.3) is 21.9 Å². The van der Waals surface area contributed by atoms with Gasteiger partial charge in [0, 0.05) is 0 Å². The number of benzene rings is 2. The van der Waals surface area contributed by atoms with Crippen LogP contribution in [0.25, 0.3) is 0 Å². The lowest BCUT2D eigenvalue weighted by Gasteiger charge is -2.13. The van der Waals surface area contributed by atoms with Gasteiger partial charge in [0.1, 0.15) is 17.1 Å². The maximum atomic E-state index is 12.4. The third-order valence-corrected chi connectivity index (χ3v) is 11.9. The zero-order chi connectivity index (χ0) is 52.6. The van der Waals surface area contributed by atoms with Crippen molar-refractivity contribution >= 4 is 21.9 Å². The van der Waals surface area contributed by atoms with Crippen molar-refractivity contribution in [2.24, 2.45) is 0 Å². The summed E-state index contributed by atoms with van der Waals surface area (Å²) in [5, 5.41) is 24.7. The van der Waals surface area contributed by atoms with E-state index in [9.17, 15) is 18.0 Å². The molecule has 0 N–H and O–H groups in total. The fraction of sp³-hybridized carbons (Fsp3) is 0.583. The molecule has 0 radical (unpaired) electrons. The number of aromatic nitrogens is 9. The molecule has 1 aliphatic rings. The molecule has 0 unspecified atom stereocenters. The van der Waals surface area contributed by atoms with E-state index in [2.05, 4.69) is 30.9 Å². The van der Waals surface area contributed by atoms with Gasteiger partial charge in [0.05, 0.1) is 213 Å². The molecule has 75 heavy (non-hydrogen) atoms. The molecule has 3 aromatic heterocycles. The maximum absolute atomic E-state index is 12.4. The Morgan fingerprint density at radius 2 is 0.720 bits per heavy atom. The lowest BCUT2D eigenvalue weighted by Crippen LogP contribution is -2.33. The fourth-order valence-corrected chi connectivity index (χ4v) is 7.65. The molecule has 0 aliphatic carbocycles. The van der Waals surface area contributed by atoms with Crippen molar-refractivity contribution in [1.29, 1.82) is 0 Å². The second-order valence-corrected chi connectivity index (χ2v) is 18.0. The molecule has 0 saturated carbocycles. The first-order chi connectivity index (χ1) is 36.7. The molecule has 0 spiro atoms. The number of imide groups is 1. The highest BCUT2D eigenvalue weighted by Gasteiger charge is 2.34. The van der Waals surface area contributed by atoms with E-state index in [1.54, 1.807) is 62.8 Å². The van der Waals surface area contributed by atoms with Crippen LogP contribution in [0.4, 0.5) is 0 Å². The number of hydrogen-bond acceptors (Lipinski definition) is 22. The number of fused-ring (bicyclic) bond motifs is 1. The molecule has 0 bridgehead atoms. The van der Waals surface area contributed by atoms with Gasteiger partial charge in [0.2, 0.25) is 0 Å². The van der Waals surface area contributed by atoms with Gasteiger partial charge in [-0.3, -0.25) is 18.7 Å². The van der Waals surface area contributed by atoms with Crippen LogP contribution in [0.1, 0.15) is 43.4 Å². The Balaban J connectivity index is 0.635. The van der Waals surface area contributed by atoms with Crippen molar-refractivity contribution in [3.8, 4) is 0 Å². The molecule has 0 saturated heterocycles. The molecule has 4 heterocycles. The molecule has 26 nitrogen and oxygen atoms in total. The topological polar surface area (TPSA) is 274 Å². The van der Waals surface area contributed by atoms with Crippen molar-refractivity contribution in [3.63, 3.8) is 0 Å². The second kappa shape index (κ2) is 34.2. The van der Waals surface area contributed by atoms with Crippen molar-refractivity contribution in [2.75, 3.05) is 139 Å². The Hall–Kier alpha value is -5.53. The van der Waals surface area contributed by atoms with E-state index in [1.807, 2.05) is 13.1 Å². The average Bonchev–Trinajstić information content (AvgIpc) is 4.24. The normalized spacial score (nSPS) is 12.7. The largest absolute Gasteiger partial charge is 0.377 e. The quantitative estimate of drug-likeness (QED) is 0.0304. The van der Waals surface area contributed by atoms with Gasteiger partial charge in [-0.1, -0.05) is 45.5 Å². The van der Waals surface area contributed by atoms with Gasteiger partial charge >= 0.3 is 0 Å². The predicted octanol–water partition coefficient (Wildman–Crippen LogP) is 1.55. The van der Waals surface area contributed by atoms with Gasteiger partial charge < -0.3 is 52.1 Å². The van der Waals surface area contributed by atoms with Crippen LogP contribution in [0.5, 0.6) is 0 Å². The highest BCUT2D eigenvalue weighted by molar-refractivity contribution is 7.86. The number of hydrogen-bond donors (Lipinski definition) is 0. The Kier molecular flexibility index (Phi) is 26.8. The minimum absolute atomic E-state index is 0.0821. The van der Waals surface area contributed by atoms with Crippen molar-refractivity contribution in [2.45, 2.75) is 51.3 Å². The van der Waals surface area contributed by atoms with E-state index in [4.69, 9.17) is 56.3 Å². The standard InChI is InChI=1S/C48H68N10O16S/c1-40-6-8-44(9-7-40)75(61,62)74-33-32-70-25-24-69-28-31-73-39-43-36-57(54-51-43)12-16-65-21-23-68-27-30-72-38-42-35-56(53-50-42)11-15-64-20-22-67-26-29-71-37-41-34-55(52-49-41)10-14-63-18-19-66-17-13-58-47(59)45-4-2-3-5-46(45)48(58)60/h2-9,34-36H,10-33,37-39H2,1H3. The summed E-state index contributed by atoms with van der Waals surface area (Å²) < 4.78 is 95.8. The summed E-state index contributed by atoms with van der Waals surface area (Å²) in [5.74, 6) is -0.585. The van der Waals surface area contributed by atoms with E-state index in [-0.39, 0.29) is 43.1 Å². The molecule has 1 aliphatic heterocycles. The smallest absolute Gasteiger partial charge is 0.297 e. The lowest BCUT2D eigenvalue weighted by molar-refractivity contribution is 0.00575. The number of ether oxygens (including phenoxy) is 11. The summed E-state index contributed by atoms with van der Waals surface area (Å²) in [6.07, 6.45) is 5.42. The molecule has 2 amide bonds. The monoisotopic (exact) mass is 1070 g/mol. The summed E-state index contributed by atoms with van der Waals surface area (Å²) in [4.78, 5) is 26.1. The first-order valence-electron chi connectivity index (χ1n) is 24.7. The van der Waals surface area contributed by atoms with Crippen LogP contribution in [-0.4, -0.2) is 209 Å². The SMILES string of the molecule is Cc1ccc(S(=O)(=O)OCCOCCOCCOCc2cn(CCOCCOCCOCc3cn(CCOCCOCCOCc4cn(CCOCCOCCN5C(=O)c6ccccc6C5=O)nn4)nn3)nn2)cc1. The fourth-order valence-electron chi connectivity index (χ4n) is 6.76. The molecule has 27 heteroatoms. The van der Waals surface area contributed by atoms with Gasteiger partial charge in [0.15, 0.2) is 0 Å². The van der Waals surface area contributed by atoms with Crippen LogP contribution in [-0.2, 0) is 106 Å². The van der Waals surface area contributed by atoms with Crippen LogP contribution in [0, 0.1) is 6.92 Å². The van der Waals surface area contributed by atoms with Gasteiger partial charge in [-0.25, -0.2) is 14.0 Å². The van der Waals surface area contributed by atoms with E-state index < -0.39 is 10.1 Å². The zero-order valence-electron chi connectivity index (χ0n) is 42.4. The summed E-state index contributed by atoms with van der Waals surface area (Å²) in [6.45, 7) is 11.6. The van der Waals surface area contributed by atoms with Gasteiger partial charge in [-0.2, -0.15) is 8.42 Å². The average molecular weight is 1070 g/mol. The Bertz CT molecular complexity index is 2460. The third kappa shape index (κ3) is 22.3. The minimum atomic E-state index is -3.81. The van der Waals surface area contributed by atoms with Crippen LogP contribution in [0.15, 0.2) is 72.0 Å². The summed E-state index contributed by atoms with van der Waals surface area (Å²) >= 11 is 0. The first kappa shape index (κ1) is 58.7. The van der Waals surface area contributed by atoms with Crippen LogP contribution in [0.2, 0.25) is 0 Å². The highest BCUT2D eigenvalue weighted by Crippen LogP contribution is 2.22. The predicted molar refractivity (Wildman–Crippen MR) is 262 cm³/mol. The second-order valence-electron chi connectivity index (χ2n) is 16.4. The molecular formula is C48H68N10O16S. The molecule has 412 valence electrons. The lowest BCUT2D eigenvalue weighted by atomic mass is 10.1. The highest BCUT2D eigenvalue weighted by atomic mass is 32.2. The molecule has 0 fully saturated rings. The number of aryl methyl sites for hydroxylation is 1. The summed E-state index contributed by atoms with van der Waals surface area (Å²) in [7, 11) is -3.81. The molecule has 0 atom stereocenters. The van der Waals surface area contributed by atoms with E-state index in [0.29, 0.717) is 180 Å². The molecule has 6 rings (SSSR count). The number of rotatable bonds is 44. The van der Waals surface area contributed by atoms with Crippen LogP contribution >= 0.6 is 0 Å². The third-order valence-electron chi connectivity index (χ3n) is 10.6. The van der Waals surface area contributed by atoms with Crippen molar-refractivity contribution in [1.82, 2.24) is 49.9 Å². The number of nitrogens with zero attached hydrogens (tertiary/aromatic N) is 10.